The summed E-state index contributed by atoms with van der Waals surface area (Å²) in [6, 6.07) is 14.3. The summed E-state index contributed by atoms with van der Waals surface area (Å²) >= 11 is 0. The number of anilines is 3. The van der Waals surface area contributed by atoms with Gasteiger partial charge < -0.3 is 15.3 Å². The van der Waals surface area contributed by atoms with E-state index in [1.165, 1.54) is 29.0 Å². The minimum atomic E-state index is -0.890. The highest BCUT2D eigenvalue weighted by molar-refractivity contribution is 5.92. The van der Waals surface area contributed by atoms with Crippen LogP contribution in [0, 0.1) is 5.92 Å². The van der Waals surface area contributed by atoms with Crippen LogP contribution in [0.1, 0.15) is 49.8 Å². The van der Waals surface area contributed by atoms with Gasteiger partial charge in [-0.2, -0.15) is 4.98 Å². The smallest absolute Gasteiger partial charge is 0.411 e. The van der Waals surface area contributed by atoms with Crippen LogP contribution in [0.25, 0.3) is 10.8 Å². The maximum atomic E-state index is 12.1. The second-order valence-electron chi connectivity index (χ2n) is 10.2. The second kappa shape index (κ2) is 10.1. The van der Waals surface area contributed by atoms with Crippen LogP contribution < -0.4 is 15.1 Å². The van der Waals surface area contributed by atoms with Gasteiger partial charge in [0.1, 0.15) is 5.82 Å². The Hall–Kier alpha value is -3.35. The van der Waals surface area contributed by atoms with Crippen molar-refractivity contribution in [2.45, 2.75) is 57.4 Å². The summed E-state index contributed by atoms with van der Waals surface area (Å²) in [7, 11) is 4.10. The maximum absolute atomic E-state index is 12.1. The third-order valence-electron chi connectivity index (χ3n) is 7.48. The van der Waals surface area contributed by atoms with Crippen LogP contribution in [0.4, 0.5) is 22.2 Å². The molecule has 5 rings (SSSR count). The van der Waals surface area contributed by atoms with Crippen LogP contribution in [0.2, 0.25) is 0 Å². The molecule has 3 aromatic rings. The molecule has 2 aliphatic rings. The molecule has 1 saturated carbocycles. The molecule has 0 saturated heterocycles. The monoisotopic (exact) mass is 473 g/mol. The summed E-state index contributed by atoms with van der Waals surface area (Å²) in [4.78, 5) is 25.4. The molecule has 35 heavy (non-hydrogen) atoms. The van der Waals surface area contributed by atoms with Gasteiger partial charge in [0.2, 0.25) is 5.95 Å². The van der Waals surface area contributed by atoms with E-state index in [1.54, 1.807) is 0 Å². The number of rotatable bonds is 6. The number of benzene rings is 2. The lowest BCUT2D eigenvalue weighted by atomic mass is 9.85. The molecular weight excluding hydrogens is 438 g/mol. The van der Waals surface area contributed by atoms with Crippen LogP contribution in [-0.4, -0.2) is 47.8 Å². The number of carboxylic acid groups (broad SMARTS) is 1. The molecule has 184 valence electrons. The molecule has 2 aliphatic carbocycles. The Balaban J connectivity index is 1.23. The topological polar surface area (TPSA) is 81.6 Å². The minimum absolute atomic E-state index is 0.321. The van der Waals surface area contributed by atoms with Crippen molar-refractivity contribution in [3.63, 3.8) is 0 Å². The SMILES string of the molecule is CN(C)c1nc(N[C@H]2CC[C@@H](CN(C(=O)O)c3ccc4ccccc4c3)CC2)nc2c1CCCC2. The van der Waals surface area contributed by atoms with Crippen molar-refractivity contribution in [3.05, 3.63) is 53.7 Å². The Kier molecular flexibility index (Phi) is 6.75. The summed E-state index contributed by atoms with van der Waals surface area (Å²) in [5.74, 6) is 2.12. The van der Waals surface area contributed by atoms with Crippen LogP contribution in [0.3, 0.4) is 0 Å². The van der Waals surface area contributed by atoms with E-state index in [9.17, 15) is 9.90 Å². The van der Waals surface area contributed by atoms with E-state index in [0.717, 1.165) is 66.8 Å². The van der Waals surface area contributed by atoms with Crippen molar-refractivity contribution >= 4 is 34.3 Å². The molecule has 1 aromatic heterocycles. The number of nitrogens with zero attached hydrogens (tertiary/aromatic N) is 4. The molecule has 2 aromatic carbocycles. The first-order valence-electron chi connectivity index (χ1n) is 12.8. The normalized spacial score (nSPS) is 19.7. The fraction of sp³-hybridized carbons (Fsp3) is 0.464. The molecule has 7 heteroatoms. The lowest BCUT2D eigenvalue weighted by Crippen LogP contribution is -2.37. The highest BCUT2D eigenvalue weighted by Crippen LogP contribution is 2.32. The molecule has 0 atom stereocenters. The Morgan fingerprint density at radius 1 is 1.00 bits per heavy atom. The molecule has 0 radical (unpaired) electrons. The van der Waals surface area contributed by atoms with Gasteiger partial charge in [0.15, 0.2) is 0 Å². The van der Waals surface area contributed by atoms with E-state index >= 15 is 0 Å². The number of carbonyl (C=O) groups is 1. The molecule has 0 spiro atoms. The zero-order valence-electron chi connectivity index (χ0n) is 20.7. The maximum Gasteiger partial charge on any atom is 0.411 e. The largest absolute Gasteiger partial charge is 0.465 e. The summed E-state index contributed by atoms with van der Waals surface area (Å²) in [5, 5.41) is 15.7. The van der Waals surface area contributed by atoms with Crippen LogP contribution >= 0.6 is 0 Å². The van der Waals surface area contributed by atoms with Gasteiger partial charge in [-0.1, -0.05) is 30.3 Å². The molecule has 1 fully saturated rings. The second-order valence-corrected chi connectivity index (χ2v) is 10.2. The number of fused-ring (bicyclic) bond motifs is 2. The van der Waals surface area contributed by atoms with Gasteiger partial charge in [0.05, 0.1) is 5.69 Å². The molecule has 0 aliphatic heterocycles. The number of amides is 1. The predicted octanol–water partition coefficient (Wildman–Crippen LogP) is 5.73. The van der Waals surface area contributed by atoms with Gasteiger partial charge in [-0.05, 0) is 80.2 Å². The number of aromatic nitrogens is 2. The lowest BCUT2D eigenvalue weighted by molar-refractivity contribution is 0.199. The van der Waals surface area contributed by atoms with E-state index in [4.69, 9.17) is 9.97 Å². The standard InChI is InChI=1S/C28H35N5O2/c1-32(2)26-24-9-5-6-10-25(24)30-27(31-26)29-22-14-11-19(12-15-22)18-33(28(34)35)23-16-13-20-7-3-4-8-21(20)17-23/h3-4,7-8,13,16-17,19,22H,5-6,9-12,14-15,18H2,1-2H3,(H,34,35)(H,29,30,31)/t19-,22+. The van der Waals surface area contributed by atoms with Gasteiger partial charge in [-0.3, -0.25) is 4.90 Å². The number of nitrogens with one attached hydrogen (secondary N) is 1. The Morgan fingerprint density at radius 3 is 2.49 bits per heavy atom. The average Bonchev–Trinajstić information content (AvgIpc) is 2.87. The first kappa shape index (κ1) is 23.4. The Labute approximate surface area is 207 Å². The quantitative estimate of drug-likeness (QED) is 0.476. The molecule has 1 heterocycles. The molecule has 2 N–H and O–H groups in total. The third kappa shape index (κ3) is 5.19. The number of hydrogen-bond acceptors (Lipinski definition) is 5. The molecule has 1 amide bonds. The molecular formula is C28H35N5O2. The van der Waals surface area contributed by atoms with E-state index in [1.807, 2.05) is 42.5 Å². The lowest BCUT2D eigenvalue weighted by Gasteiger charge is -2.32. The van der Waals surface area contributed by atoms with Crippen molar-refractivity contribution in [2.24, 2.45) is 5.92 Å². The Morgan fingerprint density at radius 2 is 1.74 bits per heavy atom. The average molecular weight is 474 g/mol. The summed E-state index contributed by atoms with van der Waals surface area (Å²) in [5.41, 5.74) is 3.24. The van der Waals surface area contributed by atoms with Crippen molar-refractivity contribution in [1.29, 1.82) is 0 Å². The zero-order valence-corrected chi connectivity index (χ0v) is 20.7. The highest BCUT2D eigenvalue weighted by atomic mass is 16.4. The number of aryl methyl sites for hydroxylation is 1. The number of hydrogen-bond donors (Lipinski definition) is 2. The van der Waals surface area contributed by atoms with E-state index in [0.29, 0.717) is 18.5 Å². The summed E-state index contributed by atoms with van der Waals surface area (Å²) in [6.45, 7) is 0.528. The predicted molar refractivity (Wildman–Crippen MR) is 142 cm³/mol. The Bertz CT molecular complexity index is 1200. The first-order valence-corrected chi connectivity index (χ1v) is 12.8. The van der Waals surface area contributed by atoms with Gasteiger partial charge in [-0.25, -0.2) is 9.78 Å². The highest BCUT2D eigenvalue weighted by Gasteiger charge is 2.27. The first-order chi connectivity index (χ1) is 17.0. The van der Waals surface area contributed by atoms with Crippen LogP contribution in [-0.2, 0) is 12.8 Å². The molecule has 0 bridgehead atoms. The summed E-state index contributed by atoms with van der Waals surface area (Å²) < 4.78 is 0. The van der Waals surface area contributed by atoms with Crippen molar-refractivity contribution < 1.29 is 9.90 Å². The van der Waals surface area contributed by atoms with Gasteiger partial charge in [0.25, 0.3) is 0 Å². The van der Waals surface area contributed by atoms with Crippen molar-refractivity contribution in [2.75, 3.05) is 35.8 Å². The van der Waals surface area contributed by atoms with E-state index < -0.39 is 6.09 Å². The van der Waals surface area contributed by atoms with Gasteiger partial charge >= 0.3 is 6.09 Å². The van der Waals surface area contributed by atoms with Crippen LogP contribution in [0.5, 0.6) is 0 Å². The van der Waals surface area contributed by atoms with Crippen LogP contribution in [0.15, 0.2) is 42.5 Å². The fourth-order valence-corrected chi connectivity index (χ4v) is 5.58. The molecule has 7 nitrogen and oxygen atoms in total. The van der Waals surface area contributed by atoms with Gasteiger partial charge in [-0.15, -0.1) is 0 Å². The fourth-order valence-electron chi connectivity index (χ4n) is 5.58. The summed E-state index contributed by atoms with van der Waals surface area (Å²) in [6.07, 6.45) is 7.56. The minimum Gasteiger partial charge on any atom is -0.465 e. The van der Waals surface area contributed by atoms with Crippen molar-refractivity contribution in [1.82, 2.24) is 9.97 Å². The van der Waals surface area contributed by atoms with E-state index in [2.05, 4.69) is 24.3 Å². The van der Waals surface area contributed by atoms with E-state index in [-0.39, 0.29) is 0 Å². The van der Waals surface area contributed by atoms with Gasteiger partial charge in [0, 0.05) is 37.9 Å². The third-order valence-corrected chi connectivity index (χ3v) is 7.48. The van der Waals surface area contributed by atoms with Crippen molar-refractivity contribution in [3.8, 4) is 0 Å². The molecule has 0 unspecified atom stereocenters. The zero-order chi connectivity index (χ0) is 24.4.